The molecule has 9 heteroatoms. The van der Waals surface area contributed by atoms with Crippen molar-refractivity contribution >= 4 is 27.3 Å². The average Bonchev–Trinajstić information content (AvgIpc) is 2.96. The third kappa shape index (κ3) is 5.56. The Morgan fingerprint density at radius 2 is 2.09 bits per heavy atom. The fourth-order valence-corrected chi connectivity index (χ4v) is 4.05. The van der Waals surface area contributed by atoms with Crippen LogP contribution in [0.3, 0.4) is 0 Å². The van der Waals surface area contributed by atoms with E-state index in [2.05, 4.69) is 15.6 Å². The zero-order valence-electron chi connectivity index (χ0n) is 13.4. The van der Waals surface area contributed by atoms with Crippen molar-refractivity contribution in [2.45, 2.75) is 17.2 Å². The molecule has 1 heterocycles. The molecule has 2 N–H and O–H groups in total. The van der Waals surface area contributed by atoms with E-state index < -0.39 is 10.0 Å². The van der Waals surface area contributed by atoms with Crippen LogP contribution in [0, 0.1) is 0 Å². The molecule has 0 fully saturated rings. The lowest BCUT2D eigenvalue weighted by Crippen LogP contribution is -2.37. The first-order valence-corrected chi connectivity index (χ1v) is 9.12. The van der Waals surface area contributed by atoms with Crippen LogP contribution in [0.1, 0.15) is 11.3 Å². The van der Waals surface area contributed by atoms with Gasteiger partial charge in [-0.15, -0.1) is 11.3 Å². The average molecular weight is 348 g/mol. The standard InChI is InChI=1S/C13H24N4O3S2/c1-14-13(15-8-5-9-20-4)16-10-11-6-7-12(21-11)22(18,19)17(2)3/h6-7H,5,8-10H2,1-4H3,(H2,14,15,16). The molecule has 0 aliphatic rings. The summed E-state index contributed by atoms with van der Waals surface area (Å²) in [7, 11) is 3.06. The van der Waals surface area contributed by atoms with E-state index in [-0.39, 0.29) is 0 Å². The van der Waals surface area contributed by atoms with Crippen LogP contribution in [-0.2, 0) is 21.3 Å². The van der Waals surface area contributed by atoms with E-state index in [4.69, 9.17) is 4.74 Å². The van der Waals surface area contributed by atoms with Gasteiger partial charge in [-0.1, -0.05) is 0 Å². The van der Waals surface area contributed by atoms with Gasteiger partial charge in [0, 0.05) is 46.3 Å². The Kier molecular flexibility index (Phi) is 7.80. The predicted octanol–water partition coefficient (Wildman–Crippen LogP) is 0.700. The number of sulfonamides is 1. The molecule has 0 saturated heterocycles. The first-order chi connectivity index (χ1) is 10.4. The molecule has 0 aliphatic heterocycles. The fraction of sp³-hybridized carbons (Fsp3) is 0.615. The Balaban J connectivity index is 2.53. The zero-order valence-corrected chi connectivity index (χ0v) is 15.1. The Labute approximate surface area is 136 Å². The first-order valence-electron chi connectivity index (χ1n) is 6.86. The van der Waals surface area contributed by atoms with E-state index in [1.807, 2.05) is 6.07 Å². The first kappa shape index (κ1) is 18.9. The summed E-state index contributed by atoms with van der Waals surface area (Å²) in [5.41, 5.74) is 0. The molecule has 0 spiro atoms. The zero-order chi connectivity index (χ0) is 16.6. The number of hydrogen-bond donors (Lipinski definition) is 2. The van der Waals surface area contributed by atoms with Gasteiger partial charge in [-0.05, 0) is 18.6 Å². The maximum Gasteiger partial charge on any atom is 0.252 e. The molecule has 1 aromatic rings. The number of thiophene rings is 1. The van der Waals surface area contributed by atoms with Crippen molar-refractivity contribution in [3.05, 3.63) is 17.0 Å². The number of hydrogen-bond acceptors (Lipinski definition) is 5. The number of rotatable bonds is 8. The third-order valence-corrected chi connectivity index (χ3v) is 6.21. The highest BCUT2D eigenvalue weighted by Crippen LogP contribution is 2.23. The summed E-state index contributed by atoms with van der Waals surface area (Å²) in [5.74, 6) is 0.682. The van der Waals surface area contributed by atoms with E-state index in [1.54, 1.807) is 20.2 Å². The number of methoxy groups -OCH3 is 1. The van der Waals surface area contributed by atoms with Gasteiger partial charge in [0.2, 0.25) is 0 Å². The van der Waals surface area contributed by atoms with E-state index in [0.29, 0.717) is 23.3 Å². The van der Waals surface area contributed by atoms with Crippen molar-refractivity contribution in [3.8, 4) is 0 Å². The molecule has 0 radical (unpaired) electrons. The molecule has 0 atom stereocenters. The van der Waals surface area contributed by atoms with Gasteiger partial charge >= 0.3 is 0 Å². The largest absolute Gasteiger partial charge is 0.385 e. The van der Waals surface area contributed by atoms with Crippen LogP contribution in [0.15, 0.2) is 21.3 Å². The molecule has 0 amide bonds. The molecule has 0 unspecified atom stereocenters. The van der Waals surface area contributed by atoms with Crippen molar-refractivity contribution in [1.82, 2.24) is 14.9 Å². The monoisotopic (exact) mass is 348 g/mol. The highest BCUT2D eigenvalue weighted by Gasteiger charge is 2.19. The van der Waals surface area contributed by atoms with E-state index in [0.717, 1.165) is 17.8 Å². The number of aliphatic imine (C=N–C) groups is 1. The second-order valence-electron chi connectivity index (χ2n) is 4.71. The van der Waals surface area contributed by atoms with Crippen LogP contribution in [0.25, 0.3) is 0 Å². The lowest BCUT2D eigenvalue weighted by atomic mass is 10.4. The summed E-state index contributed by atoms with van der Waals surface area (Å²) in [6.45, 7) is 1.98. The van der Waals surface area contributed by atoms with Gasteiger partial charge < -0.3 is 15.4 Å². The normalized spacial score (nSPS) is 12.7. The predicted molar refractivity (Wildman–Crippen MR) is 89.9 cm³/mol. The van der Waals surface area contributed by atoms with Crippen molar-refractivity contribution in [3.63, 3.8) is 0 Å². The quantitative estimate of drug-likeness (QED) is 0.410. The molecular formula is C13H24N4O3S2. The van der Waals surface area contributed by atoms with Crippen LogP contribution < -0.4 is 10.6 Å². The van der Waals surface area contributed by atoms with Crippen LogP contribution in [0.2, 0.25) is 0 Å². The summed E-state index contributed by atoms with van der Waals surface area (Å²) in [5, 5.41) is 6.32. The molecule has 0 aliphatic carbocycles. The van der Waals surface area contributed by atoms with Gasteiger partial charge in [0.05, 0.1) is 6.54 Å². The minimum Gasteiger partial charge on any atom is -0.385 e. The lowest BCUT2D eigenvalue weighted by molar-refractivity contribution is 0.195. The van der Waals surface area contributed by atoms with Crippen LogP contribution >= 0.6 is 11.3 Å². The van der Waals surface area contributed by atoms with Gasteiger partial charge in [-0.2, -0.15) is 0 Å². The van der Waals surface area contributed by atoms with Crippen molar-refractivity contribution < 1.29 is 13.2 Å². The SMILES string of the molecule is CN=C(NCCCOC)NCc1ccc(S(=O)(=O)N(C)C)s1. The summed E-state index contributed by atoms with van der Waals surface area (Å²) in [4.78, 5) is 5.05. The highest BCUT2D eigenvalue weighted by atomic mass is 32.2. The maximum absolute atomic E-state index is 12.0. The second kappa shape index (κ2) is 9.09. The number of nitrogens with one attached hydrogen (secondary N) is 2. The molecule has 126 valence electrons. The molecule has 0 bridgehead atoms. The topological polar surface area (TPSA) is 83.0 Å². The smallest absolute Gasteiger partial charge is 0.252 e. The van der Waals surface area contributed by atoms with Gasteiger partial charge in [-0.25, -0.2) is 12.7 Å². The van der Waals surface area contributed by atoms with Crippen LogP contribution in [0.5, 0.6) is 0 Å². The Hall–Kier alpha value is -1.16. The molecule has 7 nitrogen and oxygen atoms in total. The number of guanidine groups is 1. The molecule has 22 heavy (non-hydrogen) atoms. The minimum atomic E-state index is -3.36. The number of ether oxygens (including phenoxy) is 1. The Morgan fingerprint density at radius 3 is 2.68 bits per heavy atom. The summed E-state index contributed by atoms with van der Waals surface area (Å²) >= 11 is 1.26. The molecule has 0 saturated carbocycles. The van der Waals surface area contributed by atoms with Crippen molar-refractivity contribution in [2.75, 3.05) is 41.4 Å². The highest BCUT2D eigenvalue weighted by molar-refractivity contribution is 7.91. The second-order valence-corrected chi connectivity index (χ2v) is 8.25. The van der Waals surface area contributed by atoms with Crippen molar-refractivity contribution in [1.29, 1.82) is 0 Å². The Morgan fingerprint density at radius 1 is 1.36 bits per heavy atom. The summed E-state index contributed by atoms with van der Waals surface area (Å²) < 4.78 is 30.6. The van der Waals surface area contributed by atoms with E-state index in [9.17, 15) is 8.42 Å². The maximum atomic E-state index is 12.0. The molecule has 1 aromatic heterocycles. The van der Waals surface area contributed by atoms with Gasteiger partial charge in [0.25, 0.3) is 10.0 Å². The van der Waals surface area contributed by atoms with E-state index in [1.165, 1.54) is 29.7 Å². The van der Waals surface area contributed by atoms with E-state index >= 15 is 0 Å². The van der Waals surface area contributed by atoms with Gasteiger partial charge in [0.1, 0.15) is 4.21 Å². The van der Waals surface area contributed by atoms with Crippen LogP contribution in [0.4, 0.5) is 0 Å². The van der Waals surface area contributed by atoms with Crippen LogP contribution in [-0.4, -0.2) is 60.1 Å². The number of nitrogens with zero attached hydrogens (tertiary/aromatic N) is 2. The fourth-order valence-electron chi connectivity index (χ4n) is 1.59. The minimum absolute atomic E-state index is 0.345. The van der Waals surface area contributed by atoms with Gasteiger partial charge in [0.15, 0.2) is 5.96 Å². The summed E-state index contributed by atoms with van der Waals surface area (Å²) in [6.07, 6.45) is 0.890. The lowest BCUT2D eigenvalue weighted by Gasteiger charge is -2.11. The summed E-state index contributed by atoms with van der Waals surface area (Å²) in [6, 6.07) is 3.44. The molecule has 0 aromatic carbocycles. The van der Waals surface area contributed by atoms with Crippen molar-refractivity contribution in [2.24, 2.45) is 4.99 Å². The van der Waals surface area contributed by atoms with Gasteiger partial charge in [-0.3, -0.25) is 4.99 Å². The Bertz CT molecular complexity index is 582. The molecule has 1 rings (SSSR count). The third-order valence-electron chi connectivity index (χ3n) is 2.84. The molecular weight excluding hydrogens is 324 g/mol.